The van der Waals surface area contributed by atoms with Crippen LogP contribution in [0.1, 0.15) is 0 Å². The standard InChI is InChI=1S/C17H15NO2.C9H6ClN.C8H9BO3/c1-19-14-9-13(10-15(11-14)20-2)17-8-7-12-5-3-4-6-16(12)18-17;10-9-6-5-7-3-1-2-4-8(7)11-9;1-11-7-3-6(9-10)4-8(5-7)12-2/h3-11H,1-2H3;1-6H;3-5H,1-2H3. The molecule has 2 heterocycles. The Hall–Kier alpha value is -4.95. The smallest absolute Gasteiger partial charge is 0.129 e. The van der Waals surface area contributed by atoms with E-state index in [2.05, 4.69) is 22.1 Å². The van der Waals surface area contributed by atoms with Gasteiger partial charge in [0.25, 0.3) is 0 Å². The molecule has 7 nitrogen and oxygen atoms in total. The summed E-state index contributed by atoms with van der Waals surface area (Å²) in [6.45, 7) is 0. The molecule has 0 saturated heterocycles. The summed E-state index contributed by atoms with van der Waals surface area (Å²) in [5.41, 5.74) is 4.35. The molecule has 0 N–H and O–H groups in total. The van der Waals surface area contributed by atoms with Gasteiger partial charge in [-0.1, -0.05) is 54.1 Å². The Labute approximate surface area is 256 Å². The second kappa shape index (κ2) is 15.3. The van der Waals surface area contributed by atoms with E-state index in [1.54, 1.807) is 52.7 Å². The van der Waals surface area contributed by atoms with E-state index >= 15 is 0 Å². The quantitative estimate of drug-likeness (QED) is 0.150. The van der Waals surface area contributed by atoms with Crippen LogP contribution in [0.4, 0.5) is 0 Å². The number of methoxy groups -OCH3 is 4. The van der Waals surface area contributed by atoms with Gasteiger partial charge in [0.05, 0.1) is 30.9 Å². The van der Waals surface area contributed by atoms with Gasteiger partial charge in [-0.05, 0) is 42.5 Å². The Kier molecular flexibility index (Phi) is 11.1. The minimum Gasteiger partial charge on any atom is -0.497 e. The third-order valence-corrected chi connectivity index (χ3v) is 6.53. The van der Waals surface area contributed by atoms with Crippen molar-refractivity contribution in [1.82, 2.24) is 9.97 Å². The fourth-order valence-corrected chi connectivity index (χ4v) is 4.27. The zero-order valence-corrected chi connectivity index (χ0v) is 25.0. The number of pyridine rings is 2. The van der Waals surface area contributed by atoms with Crippen molar-refractivity contribution < 1.29 is 23.7 Å². The van der Waals surface area contributed by atoms with Gasteiger partial charge in [0, 0.05) is 22.4 Å². The number of hydrogen-bond donors (Lipinski definition) is 0. The van der Waals surface area contributed by atoms with Crippen LogP contribution in [0.15, 0.2) is 109 Å². The van der Waals surface area contributed by atoms with Gasteiger partial charge in [-0.3, -0.25) is 0 Å². The maximum atomic E-state index is 10.4. The van der Waals surface area contributed by atoms with Crippen molar-refractivity contribution in [2.45, 2.75) is 0 Å². The van der Waals surface area contributed by atoms with Crippen LogP contribution in [0.3, 0.4) is 0 Å². The molecular formula is C34H30BClN2O5. The SMILES string of the molecule is COc1cc(B=O)cc(OC)c1.COc1cc(OC)cc(-c2ccc3ccccc3n2)c1.Clc1ccc2ccccc2n1. The molecule has 43 heavy (non-hydrogen) atoms. The van der Waals surface area contributed by atoms with Crippen molar-refractivity contribution in [1.29, 1.82) is 0 Å². The van der Waals surface area contributed by atoms with Crippen LogP contribution < -0.4 is 24.4 Å². The molecule has 0 aliphatic carbocycles. The van der Waals surface area contributed by atoms with Crippen molar-refractivity contribution in [3.8, 4) is 34.3 Å². The van der Waals surface area contributed by atoms with E-state index in [-0.39, 0.29) is 0 Å². The van der Waals surface area contributed by atoms with Crippen LogP contribution in [0.25, 0.3) is 33.1 Å². The van der Waals surface area contributed by atoms with Gasteiger partial charge in [0.2, 0.25) is 0 Å². The minimum atomic E-state index is 0.545. The van der Waals surface area contributed by atoms with E-state index in [0.29, 0.717) is 22.1 Å². The van der Waals surface area contributed by atoms with E-state index in [0.717, 1.165) is 51.7 Å². The van der Waals surface area contributed by atoms with Crippen LogP contribution in [0.2, 0.25) is 5.15 Å². The van der Waals surface area contributed by atoms with E-state index in [4.69, 9.17) is 30.5 Å². The molecular weight excluding hydrogens is 563 g/mol. The molecule has 0 fully saturated rings. The summed E-state index contributed by atoms with van der Waals surface area (Å²) in [5, 5.41) is 2.80. The van der Waals surface area contributed by atoms with Crippen molar-refractivity contribution in [2.75, 3.05) is 28.4 Å². The summed E-state index contributed by atoms with van der Waals surface area (Å²) in [4.78, 5) is 8.83. The Bertz CT molecular complexity index is 1790. The first kappa shape index (κ1) is 31.0. The third kappa shape index (κ3) is 8.53. The molecule has 216 valence electrons. The summed E-state index contributed by atoms with van der Waals surface area (Å²) in [5.74, 6) is 2.76. The van der Waals surface area contributed by atoms with E-state index in [9.17, 15) is 4.70 Å². The molecule has 0 radical (unpaired) electrons. The molecule has 0 bridgehead atoms. The monoisotopic (exact) mass is 592 g/mol. The van der Waals surface area contributed by atoms with Gasteiger partial charge >= 0.3 is 70.7 Å². The number of para-hydroxylation sites is 2. The minimum absolute atomic E-state index is 0.545. The van der Waals surface area contributed by atoms with Crippen molar-refractivity contribution in [3.63, 3.8) is 0 Å². The zero-order valence-electron chi connectivity index (χ0n) is 24.3. The van der Waals surface area contributed by atoms with E-state index < -0.39 is 0 Å². The molecule has 9 heteroatoms. The molecule has 0 amide bonds. The molecule has 6 rings (SSSR count). The number of ether oxygens (including phenoxy) is 4. The first-order valence-electron chi connectivity index (χ1n) is 13.2. The van der Waals surface area contributed by atoms with Crippen LogP contribution in [0, 0.1) is 0 Å². The molecule has 0 atom stereocenters. The predicted molar refractivity (Wildman–Crippen MR) is 173 cm³/mol. The van der Waals surface area contributed by atoms with Crippen LogP contribution in [-0.2, 0) is 4.70 Å². The largest absolute Gasteiger partial charge is 0.497 e. The third-order valence-electron chi connectivity index (χ3n) is 6.32. The number of hydrogen-bond acceptors (Lipinski definition) is 7. The van der Waals surface area contributed by atoms with Crippen LogP contribution >= 0.6 is 11.6 Å². The van der Waals surface area contributed by atoms with Crippen molar-refractivity contribution in [3.05, 3.63) is 114 Å². The van der Waals surface area contributed by atoms with Crippen molar-refractivity contribution >= 4 is 46.0 Å². The summed E-state index contributed by atoms with van der Waals surface area (Å²) in [6, 6.07) is 34.6. The summed E-state index contributed by atoms with van der Waals surface area (Å²) >= 11 is 5.71. The number of nitrogens with zero attached hydrogens (tertiary/aromatic N) is 2. The second-order valence-electron chi connectivity index (χ2n) is 9.08. The van der Waals surface area contributed by atoms with Crippen molar-refractivity contribution in [2.24, 2.45) is 0 Å². The average Bonchev–Trinajstić information content (AvgIpc) is 3.07. The van der Waals surface area contributed by atoms with Crippen LogP contribution in [-0.4, -0.2) is 45.6 Å². The average molecular weight is 593 g/mol. The molecule has 6 aromatic rings. The molecule has 0 saturated carbocycles. The number of fused-ring (bicyclic) bond motifs is 2. The molecule has 0 unspecified atom stereocenters. The van der Waals surface area contributed by atoms with E-state index in [1.165, 1.54) is 0 Å². The molecule has 0 aliphatic rings. The van der Waals surface area contributed by atoms with Gasteiger partial charge in [-0.2, -0.15) is 0 Å². The molecule has 0 aliphatic heterocycles. The summed E-state index contributed by atoms with van der Waals surface area (Å²) in [7, 11) is 7.14. The molecule has 2 aromatic heterocycles. The number of aromatic nitrogens is 2. The second-order valence-corrected chi connectivity index (χ2v) is 9.47. The first-order valence-corrected chi connectivity index (χ1v) is 13.6. The normalized spacial score (nSPS) is 9.98. The van der Waals surface area contributed by atoms with E-state index in [1.807, 2.05) is 72.8 Å². The van der Waals surface area contributed by atoms with Crippen LogP contribution in [0.5, 0.6) is 23.0 Å². The van der Waals surface area contributed by atoms with Gasteiger partial charge in [-0.25, -0.2) is 9.97 Å². The number of rotatable bonds is 6. The fraction of sp³-hybridized carbons (Fsp3) is 0.118. The molecule has 4 aromatic carbocycles. The van der Waals surface area contributed by atoms with Gasteiger partial charge < -0.3 is 9.47 Å². The van der Waals surface area contributed by atoms with Gasteiger partial charge in [0.15, 0.2) is 0 Å². The van der Waals surface area contributed by atoms with Gasteiger partial charge in [0.1, 0.15) is 16.7 Å². The topological polar surface area (TPSA) is 79.8 Å². The Morgan fingerprint density at radius 2 is 1.02 bits per heavy atom. The number of benzene rings is 4. The Morgan fingerprint density at radius 3 is 1.53 bits per heavy atom. The number of halogens is 1. The predicted octanol–water partition coefficient (Wildman–Crippen LogP) is 7.19. The molecule has 0 spiro atoms. The van der Waals surface area contributed by atoms with Gasteiger partial charge in [-0.15, -0.1) is 0 Å². The zero-order chi connectivity index (χ0) is 30.6. The summed E-state index contributed by atoms with van der Waals surface area (Å²) < 4.78 is 30.9. The fourth-order valence-electron chi connectivity index (χ4n) is 4.12. The maximum absolute atomic E-state index is 10.4. The first-order chi connectivity index (χ1) is 21.0. The Balaban J connectivity index is 0.000000158. The Morgan fingerprint density at radius 1 is 0.558 bits per heavy atom. The summed E-state index contributed by atoms with van der Waals surface area (Å²) in [6.07, 6.45) is 0. The maximum Gasteiger partial charge on any atom is 0.129 e.